The first kappa shape index (κ1) is 20.3. The summed E-state index contributed by atoms with van der Waals surface area (Å²) in [6.07, 6.45) is 0. The maximum absolute atomic E-state index is 11.9. The van der Waals surface area contributed by atoms with Crippen molar-refractivity contribution in [3.05, 3.63) is 0 Å². The fraction of sp³-hybridized carbons (Fsp3) is 0.917. The number of halogens is 2. The molecule has 0 aliphatic carbocycles. The average molecular weight is 346 g/mol. The number of morpholine rings is 1. The lowest BCUT2D eigenvalue weighted by Gasteiger charge is -2.41. The lowest BCUT2D eigenvalue weighted by Crippen LogP contribution is -2.56. The van der Waals surface area contributed by atoms with Crippen LogP contribution in [0.3, 0.4) is 0 Å². The molecule has 2 heterocycles. The van der Waals surface area contributed by atoms with E-state index in [0.717, 1.165) is 37.9 Å². The molecule has 20 heavy (non-hydrogen) atoms. The number of hydrogen-bond donors (Lipinski definition) is 2. The number of rotatable bonds is 4. The molecule has 2 saturated heterocycles. The number of carbonyl (C=O) groups excluding carboxylic acids is 1. The second-order valence-corrected chi connectivity index (χ2v) is 6.43. The lowest BCUT2D eigenvalue weighted by atomic mass is 10.0. The molecule has 120 valence electrons. The van der Waals surface area contributed by atoms with Crippen LogP contribution in [0.1, 0.15) is 13.8 Å². The summed E-state index contributed by atoms with van der Waals surface area (Å²) < 4.78 is 5.36. The summed E-state index contributed by atoms with van der Waals surface area (Å²) in [5, 5.41) is 6.25. The number of nitrogens with one attached hydrogen (secondary N) is 2. The van der Waals surface area contributed by atoms with Gasteiger partial charge in [0.25, 0.3) is 0 Å². The molecule has 2 aliphatic heterocycles. The first-order chi connectivity index (χ1) is 8.59. The Balaban J connectivity index is 0.00000180. The Kier molecular flexibility index (Phi) is 9.46. The van der Waals surface area contributed by atoms with E-state index in [9.17, 15) is 4.79 Å². The number of hydrogen-bond acceptors (Lipinski definition) is 5. The predicted molar refractivity (Wildman–Crippen MR) is 88.2 cm³/mol. The highest BCUT2D eigenvalue weighted by Crippen LogP contribution is 2.15. The van der Waals surface area contributed by atoms with Crippen LogP contribution in [0.5, 0.6) is 0 Å². The van der Waals surface area contributed by atoms with E-state index in [1.54, 1.807) is 11.8 Å². The van der Waals surface area contributed by atoms with E-state index < -0.39 is 0 Å². The van der Waals surface area contributed by atoms with Crippen molar-refractivity contribution in [1.29, 1.82) is 0 Å². The maximum Gasteiger partial charge on any atom is 0.238 e. The molecule has 1 atom stereocenters. The molecule has 2 rings (SSSR count). The third kappa shape index (κ3) is 5.58. The first-order valence-corrected chi connectivity index (χ1v) is 7.67. The van der Waals surface area contributed by atoms with Gasteiger partial charge in [-0.2, -0.15) is 0 Å². The third-order valence-electron chi connectivity index (χ3n) is 3.60. The van der Waals surface area contributed by atoms with Gasteiger partial charge < -0.3 is 10.1 Å². The number of nitrogens with zero attached hydrogens (tertiary/aromatic N) is 1. The number of carbonyl (C=O) groups is 1. The molecule has 0 spiro atoms. The van der Waals surface area contributed by atoms with Crippen LogP contribution in [0.2, 0.25) is 0 Å². The molecular formula is C12H25Cl2N3O2S. The summed E-state index contributed by atoms with van der Waals surface area (Å²) in [7, 11) is 0. The van der Waals surface area contributed by atoms with Crippen LogP contribution >= 0.6 is 36.6 Å². The molecule has 0 radical (unpaired) electrons. The monoisotopic (exact) mass is 345 g/mol. The van der Waals surface area contributed by atoms with Gasteiger partial charge in [-0.3, -0.25) is 15.0 Å². The van der Waals surface area contributed by atoms with Gasteiger partial charge in [0, 0.05) is 36.8 Å². The fourth-order valence-electron chi connectivity index (χ4n) is 2.27. The van der Waals surface area contributed by atoms with Crippen molar-refractivity contribution in [3.8, 4) is 0 Å². The van der Waals surface area contributed by atoms with Crippen LogP contribution in [0.25, 0.3) is 0 Å². The van der Waals surface area contributed by atoms with E-state index in [4.69, 9.17) is 4.74 Å². The van der Waals surface area contributed by atoms with Gasteiger partial charge in [-0.05, 0) is 13.8 Å². The predicted octanol–water partition coefficient (Wildman–Crippen LogP) is 0.720. The highest BCUT2D eigenvalue weighted by Gasteiger charge is 2.30. The Labute approximate surface area is 137 Å². The van der Waals surface area contributed by atoms with Gasteiger partial charge in [0.2, 0.25) is 5.91 Å². The second-order valence-electron chi connectivity index (χ2n) is 5.40. The van der Waals surface area contributed by atoms with E-state index >= 15 is 0 Å². The minimum absolute atomic E-state index is 0. The van der Waals surface area contributed by atoms with Gasteiger partial charge in [0.05, 0.1) is 19.3 Å². The molecule has 0 aromatic rings. The Hall–Kier alpha value is 0.280. The molecular weight excluding hydrogens is 321 g/mol. The lowest BCUT2D eigenvalue weighted by molar-refractivity contribution is -0.123. The van der Waals surface area contributed by atoms with Crippen LogP contribution in [-0.2, 0) is 9.53 Å². The molecule has 0 aromatic carbocycles. The van der Waals surface area contributed by atoms with Gasteiger partial charge in [0.15, 0.2) is 0 Å². The average Bonchev–Trinajstić information content (AvgIpc) is 2.91. The fourth-order valence-corrected chi connectivity index (χ4v) is 3.21. The number of ether oxygens (including phenoxy) is 1. The molecule has 1 amide bonds. The van der Waals surface area contributed by atoms with Crippen LogP contribution in [0, 0.1) is 0 Å². The molecule has 2 fully saturated rings. The van der Waals surface area contributed by atoms with E-state index in [2.05, 4.69) is 29.4 Å². The zero-order chi connectivity index (χ0) is 13.0. The molecule has 8 heteroatoms. The van der Waals surface area contributed by atoms with Gasteiger partial charge in [-0.25, -0.2) is 0 Å². The smallest absolute Gasteiger partial charge is 0.238 e. The summed E-state index contributed by atoms with van der Waals surface area (Å²) in [5.74, 6) is 1.88. The SMILES string of the molecule is CC(C)(CNC(=O)C1CSCN1)N1CCOCC1.Cl.Cl. The van der Waals surface area contributed by atoms with E-state index in [0.29, 0.717) is 6.54 Å². The minimum Gasteiger partial charge on any atom is -0.379 e. The van der Waals surface area contributed by atoms with Gasteiger partial charge in [-0.1, -0.05) is 0 Å². The van der Waals surface area contributed by atoms with E-state index in [1.165, 1.54) is 0 Å². The first-order valence-electron chi connectivity index (χ1n) is 6.51. The van der Waals surface area contributed by atoms with Crippen molar-refractivity contribution >= 4 is 42.5 Å². The van der Waals surface area contributed by atoms with E-state index in [1.807, 2.05) is 0 Å². The number of amides is 1. The molecule has 0 aromatic heterocycles. The van der Waals surface area contributed by atoms with Crippen molar-refractivity contribution in [2.45, 2.75) is 25.4 Å². The van der Waals surface area contributed by atoms with Crippen molar-refractivity contribution in [1.82, 2.24) is 15.5 Å². The van der Waals surface area contributed by atoms with Gasteiger partial charge in [0.1, 0.15) is 0 Å². The topological polar surface area (TPSA) is 53.6 Å². The summed E-state index contributed by atoms with van der Waals surface area (Å²) in [6.45, 7) is 8.51. The van der Waals surface area contributed by atoms with Crippen LogP contribution in [0.15, 0.2) is 0 Å². The van der Waals surface area contributed by atoms with Crippen LogP contribution in [-0.4, -0.2) is 66.9 Å². The van der Waals surface area contributed by atoms with E-state index in [-0.39, 0.29) is 42.3 Å². The molecule has 5 nitrogen and oxygen atoms in total. The molecule has 1 unspecified atom stereocenters. The van der Waals surface area contributed by atoms with Crippen molar-refractivity contribution in [3.63, 3.8) is 0 Å². The normalized spacial score (nSPS) is 23.6. The molecule has 0 saturated carbocycles. The summed E-state index contributed by atoms with van der Waals surface area (Å²) >= 11 is 1.77. The second kappa shape index (κ2) is 9.33. The molecule has 2 aliphatic rings. The van der Waals surface area contributed by atoms with Crippen molar-refractivity contribution in [2.24, 2.45) is 0 Å². The largest absolute Gasteiger partial charge is 0.379 e. The van der Waals surface area contributed by atoms with Crippen molar-refractivity contribution in [2.75, 3.05) is 44.5 Å². The maximum atomic E-state index is 11.9. The van der Waals surface area contributed by atoms with Gasteiger partial charge in [-0.15, -0.1) is 36.6 Å². The van der Waals surface area contributed by atoms with Crippen LogP contribution in [0.4, 0.5) is 0 Å². The number of thioether (sulfide) groups is 1. The minimum atomic E-state index is -0.0181. The third-order valence-corrected chi connectivity index (χ3v) is 4.54. The van der Waals surface area contributed by atoms with Crippen molar-refractivity contribution < 1.29 is 9.53 Å². The van der Waals surface area contributed by atoms with Crippen LogP contribution < -0.4 is 10.6 Å². The Morgan fingerprint density at radius 2 is 2.05 bits per heavy atom. The van der Waals surface area contributed by atoms with Gasteiger partial charge >= 0.3 is 0 Å². The summed E-state index contributed by atoms with van der Waals surface area (Å²) in [4.78, 5) is 14.3. The molecule has 2 N–H and O–H groups in total. The standard InChI is InChI=1S/C12H23N3O2S.2ClH/c1-12(2,15-3-5-17-6-4-15)8-13-11(16)10-7-18-9-14-10;;/h10,14H,3-9H2,1-2H3,(H,13,16);2*1H. The highest BCUT2D eigenvalue weighted by molar-refractivity contribution is 7.99. The summed E-state index contributed by atoms with van der Waals surface area (Å²) in [6, 6.07) is -0.0181. The summed E-state index contributed by atoms with van der Waals surface area (Å²) in [5.41, 5.74) is -0.00874. The molecule has 0 bridgehead atoms. The zero-order valence-corrected chi connectivity index (χ0v) is 14.5. The Morgan fingerprint density at radius 3 is 2.60 bits per heavy atom. The zero-order valence-electron chi connectivity index (χ0n) is 12.0. The Bertz CT molecular complexity index is 296. The Morgan fingerprint density at radius 1 is 1.40 bits per heavy atom. The highest BCUT2D eigenvalue weighted by atomic mass is 35.5. The quantitative estimate of drug-likeness (QED) is 0.786.